The molecule has 7 atom stereocenters. The molecule has 6 N–H and O–H groups in total. The highest BCUT2D eigenvalue weighted by atomic mass is 31.2. The molecule has 154 valence electrons. The maximum absolute atomic E-state index is 12.1. The fourth-order valence-electron chi connectivity index (χ4n) is 3.56. The summed E-state index contributed by atoms with van der Waals surface area (Å²) in [7, 11) is -4.48. The first-order valence-electron chi connectivity index (χ1n) is 8.49. The molecule has 2 aliphatic rings. The minimum atomic E-state index is -4.48. The quantitative estimate of drug-likeness (QED) is 0.353. The van der Waals surface area contributed by atoms with Gasteiger partial charge in [0.15, 0.2) is 5.82 Å². The summed E-state index contributed by atoms with van der Waals surface area (Å²) in [6.07, 6.45) is -2.02. The number of rotatable bonds is 6. The zero-order chi connectivity index (χ0) is 21.1. The van der Waals surface area contributed by atoms with Crippen LogP contribution in [0.1, 0.15) is 12.6 Å². The summed E-state index contributed by atoms with van der Waals surface area (Å²) in [5, 5.41) is 35.4. The zero-order valence-corrected chi connectivity index (χ0v) is 15.8. The lowest BCUT2D eigenvalue weighted by Crippen LogP contribution is -2.42. The third-order valence-electron chi connectivity index (χ3n) is 5.06. The van der Waals surface area contributed by atoms with Crippen LogP contribution < -0.4 is 10.8 Å². The number of nitrogens with two attached hydrogens (primary N) is 1. The summed E-state index contributed by atoms with van der Waals surface area (Å²) in [5.41, 5.74) is 4.66. The number of nitrogens with zero attached hydrogens (tertiary/aromatic N) is 4. The lowest BCUT2D eigenvalue weighted by atomic mass is 9.92. The molecule has 3 heterocycles. The fraction of sp³-hybridized carbons (Fsp3) is 0.467. The van der Waals surface area contributed by atoms with E-state index in [4.69, 9.17) is 20.1 Å². The Morgan fingerprint density at radius 1 is 1.59 bits per heavy atom. The molecule has 2 unspecified atom stereocenters. The van der Waals surface area contributed by atoms with E-state index < -0.39 is 49.6 Å². The number of carbonyl (C=O) groups is 1. The van der Waals surface area contributed by atoms with Crippen molar-refractivity contribution in [3.05, 3.63) is 24.2 Å². The number of nitrogens with one attached hydrogen (secondary N) is 1. The van der Waals surface area contributed by atoms with Crippen molar-refractivity contribution in [3.8, 4) is 6.07 Å². The second kappa shape index (κ2) is 6.46. The summed E-state index contributed by atoms with van der Waals surface area (Å²) in [5.74, 6) is -1.92. The van der Waals surface area contributed by atoms with Crippen molar-refractivity contribution in [2.24, 2.45) is 5.92 Å². The van der Waals surface area contributed by atoms with E-state index >= 15 is 0 Å². The van der Waals surface area contributed by atoms with Crippen molar-refractivity contribution in [1.82, 2.24) is 19.7 Å². The van der Waals surface area contributed by atoms with Crippen LogP contribution in [-0.2, 0) is 24.2 Å². The van der Waals surface area contributed by atoms with Gasteiger partial charge in [-0.3, -0.25) is 9.32 Å². The molecule has 14 heteroatoms. The number of aliphatic carboxylic acids is 1. The first-order valence-corrected chi connectivity index (χ1v) is 10.1. The van der Waals surface area contributed by atoms with Crippen molar-refractivity contribution in [2.45, 2.75) is 36.9 Å². The Bertz CT molecular complexity index is 1080. The van der Waals surface area contributed by atoms with Crippen LogP contribution in [0.4, 0.5) is 5.82 Å². The van der Waals surface area contributed by atoms with Gasteiger partial charge in [0.05, 0.1) is 11.8 Å². The van der Waals surface area contributed by atoms with Crippen molar-refractivity contribution < 1.29 is 33.7 Å². The molecule has 2 aromatic heterocycles. The normalized spacial score (nSPS) is 33.6. The molecule has 1 aliphatic heterocycles. The SMILES string of the molecule is C[C@H](NP(=O)(O)O[C@@H]1C2[C@@H](O)[C@](C#N)(c3ccc4c(N)ncnn34)O[C@@H]21)C(=O)O. The minimum absolute atomic E-state index is 0.179. The summed E-state index contributed by atoms with van der Waals surface area (Å²) < 4.78 is 24.3. The number of aliphatic hydroxyl groups is 1. The van der Waals surface area contributed by atoms with E-state index in [1.165, 1.54) is 23.8 Å². The predicted molar refractivity (Wildman–Crippen MR) is 94.0 cm³/mol. The number of nitrogen functional groups attached to an aromatic ring is 1. The van der Waals surface area contributed by atoms with Gasteiger partial charge in [0.1, 0.15) is 36.2 Å². The van der Waals surface area contributed by atoms with Crippen molar-refractivity contribution in [1.29, 1.82) is 5.26 Å². The number of hydrogen-bond donors (Lipinski definition) is 5. The number of hydrogen-bond acceptors (Lipinski definition) is 9. The number of anilines is 1. The van der Waals surface area contributed by atoms with Gasteiger partial charge < -0.3 is 25.6 Å². The Morgan fingerprint density at radius 3 is 2.90 bits per heavy atom. The lowest BCUT2D eigenvalue weighted by molar-refractivity contribution is -0.138. The van der Waals surface area contributed by atoms with Crippen LogP contribution in [0, 0.1) is 17.2 Å². The number of aliphatic hydroxyl groups excluding tert-OH is 1. The molecule has 1 saturated carbocycles. The summed E-state index contributed by atoms with van der Waals surface area (Å²) in [6.45, 7) is 1.18. The molecule has 4 rings (SSSR count). The summed E-state index contributed by atoms with van der Waals surface area (Å²) >= 11 is 0. The van der Waals surface area contributed by atoms with Gasteiger partial charge in [-0.15, -0.1) is 0 Å². The Hall–Kier alpha value is -2.59. The van der Waals surface area contributed by atoms with Gasteiger partial charge in [0.25, 0.3) is 0 Å². The monoisotopic (exact) mass is 424 g/mol. The molecule has 13 nitrogen and oxygen atoms in total. The van der Waals surface area contributed by atoms with E-state index in [2.05, 4.69) is 10.1 Å². The molecular formula is C15H17N6O7P. The molecule has 2 fully saturated rings. The van der Waals surface area contributed by atoms with Crippen LogP contribution in [-0.4, -0.2) is 60.0 Å². The van der Waals surface area contributed by atoms with E-state index in [0.29, 0.717) is 5.52 Å². The third-order valence-corrected chi connectivity index (χ3v) is 6.31. The maximum atomic E-state index is 12.1. The lowest BCUT2D eigenvalue weighted by Gasteiger charge is -2.28. The van der Waals surface area contributed by atoms with E-state index in [1.807, 2.05) is 11.2 Å². The van der Waals surface area contributed by atoms with Crippen LogP contribution >= 0.6 is 7.75 Å². The van der Waals surface area contributed by atoms with Gasteiger partial charge in [-0.25, -0.2) is 19.2 Å². The second-order valence-corrected chi connectivity index (χ2v) is 8.40. The number of carboxylic acids is 1. The van der Waals surface area contributed by atoms with Crippen molar-refractivity contribution in [2.75, 3.05) is 5.73 Å². The second-order valence-electron chi connectivity index (χ2n) is 6.89. The van der Waals surface area contributed by atoms with Crippen molar-refractivity contribution in [3.63, 3.8) is 0 Å². The third kappa shape index (κ3) is 2.98. The van der Waals surface area contributed by atoms with Gasteiger partial charge in [-0.05, 0) is 19.1 Å². The Kier molecular flexibility index (Phi) is 4.39. The molecule has 2 aromatic rings. The number of aromatic nitrogens is 3. The minimum Gasteiger partial charge on any atom is -0.480 e. The van der Waals surface area contributed by atoms with E-state index in [9.17, 15) is 24.6 Å². The first kappa shape index (κ1) is 19.7. The molecule has 1 aliphatic carbocycles. The molecule has 0 aromatic carbocycles. The van der Waals surface area contributed by atoms with Gasteiger partial charge in [-0.1, -0.05) is 0 Å². The topological polar surface area (TPSA) is 205 Å². The highest BCUT2D eigenvalue weighted by Crippen LogP contribution is 2.60. The van der Waals surface area contributed by atoms with Crippen molar-refractivity contribution >= 4 is 25.1 Å². The van der Waals surface area contributed by atoms with Crippen LogP contribution in [0.5, 0.6) is 0 Å². The summed E-state index contributed by atoms with van der Waals surface area (Å²) in [4.78, 5) is 24.5. The number of ether oxygens (including phenoxy) is 1. The number of carboxylic acid groups (broad SMARTS) is 1. The maximum Gasteiger partial charge on any atom is 0.404 e. The zero-order valence-electron chi connectivity index (χ0n) is 14.9. The molecule has 1 saturated heterocycles. The summed E-state index contributed by atoms with van der Waals surface area (Å²) in [6, 6.07) is 3.74. The first-order chi connectivity index (χ1) is 13.6. The molecule has 0 radical (unpaired) electrons. The highest BCUT2D eigenvalue weighted by Gasteiger charge is 2.73. The number of fused-ring (bicyclic) bond motifs is 2. The Labute approximate surface area is 163 Å². The van der Waals surface area contributed by atoms with E-state index in [-0.39, 0.29) is 11.5 Å². The highest BCUT2D eigenvalue weighted by molar-refractivity contribution is 7.50. The van der Waals surface area contributed by atoms with Crippen LogP contribution in [0.15, 0.2) is 18.5 Å². The Morgan fingerprint density at radius 2 is 2.31 bits per heavy atom. The van der Waals surface area contributed by atoms with Gasteiger partial charge in [0.2, 0.25) is 5.60 Å². The predicted octanol–water partition coefficient (Wildman–Crippen LogP) is -1.03. The van der Waals surface area contributed by atoms with Crippen LogP contribution in [0.2, 0.25) is 0 Å². The fourth-order valence-corrected chi connectivity index (χ4v) is 4.81. The van der Waals surface area contributed by atoms with Gasteiger partial charge in [0, 0.05) is 5.92 Å². The molecule has 0 bridgehead atoms. The van der Waals surface area contributed by atoms with Crippen LogP contribution in [0.25, 0.3) is 5.52 Å². The average Bonchev–Trinajstić information content (AvgIpc) is 2.99. The van der Waals surface area contributed by atoms with E-state index in [1.54, 1.807) is 6.07 Å². The molecular weight excluding hydrogens is 407 g/mol. The van der Waals surface area contributed by atoms with E-state index in [0.717, 1.165) is 0 Å². The molecule has 29 heavy (non-hydrogen) atoms. The Balaban J connectivity index is 1.56. The van der Waals surface area contributed by atoms with Crippen LogP contribution in [0.3, 0.4) is 0 Å². The van der Waals surface area contributed by atoms with Gasteiger partial charge in [-0.2, -0.15) is 10.4 Å². The molecule has 0 spiro atoms. The molecule has 0 amide bonds. The largest absolute Gasteiger partial charge is 0.480 e. The number of nitriles is 1. The average molecular weight is 424 g/mol. The van der Waals surface area contributed by atoms with Gasteiger partial charge >= 0.3 is 13.7 Å². The smallest absolute Gasteiger partial charge is 0.404 e. The standard InChI is InChI=1S/C15H17N6O7P/c1-6(14(23)24)20-29(25,26)28-11-9-10(11)27-15(4-16,12(9)22)8-3-2-7-13(17)18-5-19-21(7)8/h2-3,5-6,9-12,22H,1H3,(H,23,24)(H2,17,18,19)(H2,20,25,26)/t6-,9?,10-,11+,12+,15-/m0/s1.